The molecule has 1 fully saturated rings. The van der Waals surface area contributed by atoms with Crippen molar-refractivity contribution in [2.45, 2.75) is 52.4 Å². The van der Waals surface area contributed by atoms with Crippen molar-refractivity contribution in [3.63, 3.8) is 0 Å². The fraction of sp³-hybridized carbons (Fsp3) is 0.550. The summed E-state index contributed by atoms with van der Waals surface area (Å²) in [5, 5.41) is 9.47. The number of aliphatic carboxylic acids is 1. The highest BCUT2D eigenvalue weighted by molar-refractivity contribution is 5.81. The second-order valence-corrected chi connectivity index (χ2v) is 7.36. The van der Waals surface area contributed by atoms with Crippen LogP contribution in [0, 0.1) is 23.5 Å². The van der Waals surface area contributed by atoms with E-state index in [9.17, 15) is 28.3 Å². The number of carboxylic acids is 1. The van der Waals surface area contributed by atoms with Crippen LogP contribution in [0.15, 0.2) is 18.2 Å². The number of likely N-dealkylation sites (tertiary alicyclic amines) is 1. The summed E-state index contributed by atoms with van der Waals surface area (Å²) in [5.41, 5.74) is 0.117. The lowest BCUT2D eigenvalue weighted by molar-refractivity contribution is -0.177. The van der Waals surface area contributed by atoms with E-state index in [0.29, 0.717) is 0 Å². The minimum Gasteiger partial charge on any atom is -0.480 e. The highest BCUT2D eigenvalue weighted by atomic mass is 19.2. The Morgan fingerprint density at radius 2 is 1.93 bits per heavy atom. The van der Waals surface area contributed by atoms with E-state index in [1.807, 2.05) is 0 Å². The van der Waals surface area contributed by atoms with Crippen LogP contribution in [0.5, 0.6) is 0 Å². The number of carbonyl (C=O) groups excluding carboxylic acids is 2. The molecule has 160 valence electrons. The molecule has 7 nitrogen and oxygen atoms in total. The summed E-state index contributed by atoms with van der Waals surface area (Å²) < 4.78 is 37.7. The zero-order valence-electron chi connectivity index (χ0n) is 16.6. The number of rotatable bonds is 7. The molecule has 1 aliphatic heterocycles. The van der Waals surface area contributed by atoms with E-state index in [1.54, 1.807) is 20.8 Å². The summed E-state index contributed by atoms with van der Waals surface area (Å²) in [6.45, 7) is 4.97. The first-order valence-electron chi connectivity index (χ1n) is 9.46. The molecule has 0 aliphatic carbocycles. The maximum atomic E-state index is 13.9. The van der Waals surface area contributed by atoms with Gasteiger partial charge >= 0.3 is 18.0 Å². The zero-order valence-corrected chi connectivity index (χ0v) is 16.6. The third kappa shape index (κ3) is 5.65. The third-order valence-corrected chi connectivity index (χ3v) is 4.75. The van der Waals surface area contributed by atoms with Crippen LogP contribution in [0.3, 0.4) is 0 Å². The Hall–Kier alpha value is -2.71. The molecular weight excluding hydrogens is 388 g/mol. The molecule has 9 heteroatoms. The van der Waals surface area contributed by atoms with E-state index in [1.165, 1.54) is 12.1 Å². The van der Waals surface area contributed by atoms with E-state index >= 15 is 0 Å². The van der Waals surface area contributed by atoms with Crippen LogP contribution in [-0.4, -0.2) is 46.9 Å². The number of nitrogens with zero attached hydrogens (tertiary/aromatic N) is 1. The standard InChI is InChI=1S/C20H25F2NO6/c1-4-16(24)28-19(11(2)3)29-20(27)23-10-12(9-15(23)18(25)26)8-13-6-5-7-14(21)17(13)22/h5-7,11-12,15,19H,4,8-10H2,1-3H3,(H,25,26)/t12-,15-,19-/m0/s1. The smallest absolute Gasteiger partial charge is 0.413 e. The van der Waals surface area contributed by atoms with Gasteiger partial charge in [-0.2, -0.15) is 0 Å². The van der Waals surface area contributed by atoms with E-state index in [4.69, 9.17) is 9.47 Å². The topological polar surface area (TPSA) is 93.1 Å². The average molecular weight is 413 g/mol. The SMILES string of the molecule is CCC(=O)O[C@@H](OC(=O)N1C[C@@H](Cc2cccc(F)c2F)C[C@H]1C(=O)O)C(C)C. The van der Waals surface area contributed by atoms with Crippen LogP contribution >= 0.6 is 0 Å². The van der Waals surface area contributed by atoms with Crippen LogP contribution in [-0.2, 0) is 25.5 Å². The maximum absolute atomic E-state index is 13.9. The van der Waals surface area contributed by atoms with Crippen molar-refractivity contribution in [2.75, 3.05) is 6.54 Å². The van der Waals surface area contributed by atoms with Crippen LogP contribution in [0.2, 0.25) is 0 Å². The Bertz CT molecular complexity index is 769. The van der Waals surface area contributed by atoms with Crippen LogP contribution < -0.4 is 0 Å². The summed E-state index contributed by atoms with van der Waals surface area (Å²) in [4.78, 5) is 36.7. The molecule has 0 bridgehead atoms. The van der Waals surface area contributed by atoms with Gasteiger partial charge in [0.05, 0.1) is 0 Å². The highest BCUT2D eigenvalue weighted by Gasteiger charge is 2.42. The number of halogens is 2. The van der Waals surface area contributed by atoms with E-state index < -0.39 is 47.9 Å². The third-order valence-electron chi connectivity index (χ3n) is 4.75. The second-order valence-electron chi connectivity index (χ2n) is 7.36. The summed E-state index contributed by atoms with van der Waals surface area (Å²) in [7, 11) is 0. The number of hydrogen-bond donors (Lipinski definition) is 1. The van der Waals surface area contributed by atoms with E-state index in [-0.39, 0.29) is 37.3 Å². The molecule has 0 saturated carbocycles. The van der Waals surface area contributed by atoms with Gasteiger partial charge in [-0.25, -0.2) is 18.4 Å². The molecule has 1 amide bonds. The molecule has 3 atom stereocenters. The quantitative estimate of drug-likeness (QED) is 0.544. The van der Waals surface area contributed by atoms with Crippen molar-refractivity contribution in [1.29, 1.82) is 0 Å². The van der Waals surface area contributed by atoms with Gasteiger partial charge in [-0.3, -0.25) is 9.69 Å². The molecule has 1 saturated heterocycles. The highest BCUT2D eigenvalue weighted by Crippen LogP contribution is 2.29. The number of benzene rings is 1. The Labute approximate surface area is 167 Å². The van der Waals surface area contributed by atoms with Crippen molar-refractivity contribution >= 4 is 18.0 Å². The minimum atomic E-state index is -1.23. The lowest BCUT2D eigenvalue weighted by atomic mass is 9.96. The van der Waals surface area contributed by atoms with Crippen LogP contribution in [0.25, 0.3) is 0 Å². The molecule has 1 heterocycles. The van der Waals surface area contributed by atoms with Crippen molar-refractivity contribution in [3.8, 4) is 0 Å². The fourth-order valence-electron chi connectivity index (χ4n) is 3.20. The van der Waals surface area contributed by atoms with Gasteiger partial charge in [0.1, 0.15) is 6.04 Å². The first-order chi connectivity index (χ1) is 13.6. The van der Waals surface area contributed by atoms with Crippen molar-refractivity contribution < 1.29 is 37.7 Å². The number of carboxylic acid groups (broad SMARTS) is 1. The predicted octanol–water partition coefficient (Wildman–Crippen LogP) is 3.35. The molecule has 1 aromatic rings. The monoisotopic (exact) mass is 413 g/mol. The number of amides is 1. The molecule has 1 N–H and O–H groups in total. The number of hydrogen-bond acceptors (Lipinski definition) is 5. The van der Waals surface area contributed by atoms with Crippen LogP contribution in [0.1, 0.15) is 39.2 Å². The average Bonchev–Trinajstić information content (AvgIpc) is 3.09. The van der Waals surface area contributed by atoms with Gasteiger partial charge in [-0.15, -0.1) is 0 Å². The summed E-state index contributed by atoms with van der Waals surface area (Å²) in [5.74, 6) is -4.47. The van der Waals surface area contributed by atoms with Gasteiger partial charge < -0.3 is 14.6 Å². The second kappa shape index (κ2) is 9.67. The Morgan fingerprint density at radius 3 is 2.52 bits per heavy atom. The fourth-order valence-corrected chi connectivity index (χ4v) is 3.20. The largest absolute Gasteiger partial charge is 0.480 e. The first kappa shape index (κ1) is 22.6. The normalized spacial score (nSPS) is 19.9. The lowest BCUT2D eigenvalue weighted by Crippen LogP contribution is -2.43. The Balaban J connectivity index is 2.11. The van der Waals surface area contributed by atoms with E-state index in [0.717, 1.165) is 11.0 Å². The van der Waals surface area contributed by atoms with Crippen LogP contribution in [0.4, 0.5) is 13.6 Å². The van der Waals surface area contributed by atoms with E-state index in [2.05, 4.69) is 0 Å². The van der Waals surface area contributed by atoms with Gasteiger partial charge in [0.25, 0.3) is 6.29 Å². The van der Waals surface area contributed by atoms with Gasteiger partial charge in [-0.1, -0.05) is 32.9 Å². The van der Waals surface area contributed by atoms with Gasteiger partial charge in [0.15, 0.2) is 11.6 Å². The van der Waals surface area contributed by atoms with Gasteiger partial charge in [0, 0.05) is 18.9 Å². The number of esters is 1. The van der Waals surface area contributed by atoms with Crippen molar-refractivity contribution in [2.24, 2.45) is 11.8 Å². The maximum Gasteiger partial charge on any atom is 0.413 e. The molecule has 1 aliphatic rings. The summed E-state index contributed by atoms with van der Waals surface area (Å²) >= 11 is 0. The lowest BCUT2D eigenvalue weighted by Gasteiger charge is -2.26. The minimum absolute atomic E-state index is 0.00169. The molecule has 2 rings (SSSR count). The molecule has 0 spiro atoms. The van der Waals surface area contributed by atoms with Gasteiger partial charge in [0.2, 0.25) is 0 Å². The molecule has 0 unspecified atom stereocenters. The zero-order chi connectivity index (χ0) is 21.7. The van der Waals surface area contributed by atoms with Crippen molar-refractivity contribution in [1.82, 2.24) is 4.90 Å². The number of ether oxygens (including phenoxy) is 2. The summed E-state index contributed by atoms with van der Waals surface area (Å²) in [6, 6.07) is 2.63. The first-order valence-corrected chi connectivity index (χ1v) is 9.46. The Kier molecular flexibility index (Phi) is 7.53. The molecule has 0 radical (unpaired) electrons. The predicted molar refractivity (Wildman–Crippen MR) is 97.8 cm³/mol. The Morgan fingerprint density at radius 1 is 1.24 bits per heavy atom. The molecule has 1 aromatic carbocycles. The van der Waals surface area contributed by atoms with Crippen molar-refractivity contribution in [3.05, 3.63) is 35.4 Å². The number of carbonyl (C=O) groups is 3. The molecular formula is C20H25F2NO6. The molecule has 0 aromatic heterocycles. The molecule has 29 heavy (non-hydrogen) atoms. The summed E-state index contributed by atoms with van der Waals surface area (Å²) in [6.07, 6.45) is -1.83. The van der Waals surface area contributed by atoms with Gasteiger partial charge in [-0.05, 0) is 30.4 Å².